The van der Waals surface area contributed by atoms with Crippen LogP contribution in [0.25, 0.3) is 0 Å². The van der Waals surface area contributed by atoms with E-state index in [0.29, 0.717) is 12.1 Å². The highest BCUT2D eigenvalue weighted by molar-refractivity contribution is 5.86. The maximum atomic E-state index is 8.66. The van der Waals surface area contributed by atoms with Crippen LogP contribution in [0.1, 0.15) is 24.7 Å². The van der Waals surface area contributed by atoms with Crippen molar-refractivity contribution in [2.24, 2.45) is 5.73 Å². The molecule has 0 fully saturated rings. The molecule has 1 rings (SSSR count). The topological polar surface area (TPSA) is 102 Å². The van der Waals surface area contributed by atoms with Gasteiger partial charge in [-0.05, 0) is 12.8 Å². The zero-order chi connectivity index (χ0) is 11.3. The number of nitrogens with two attached hydrogens (primary N) is 2. The average molecular weight is 311 g/mol. The van der Waals surface area contributed by atoms with Gasteiger partial charge in [0.1, 0.15) is 11.8 Å². The summed E-state index contributed by atoms with van der Waals surface area (Å²) in [4.78, 5) is 7.73. The molecule has 0 radical (unpaired) electrons. The van der Waals surface area contributed by atoms with E-state index in [-0.39, 0.29) is 54.8 Å². The van der Waals surface area contributed by atoms with E-state index in [2.05, 4.69) is 21.8 Å². The lowest BCUT2D eigenvalue weighted by Crippen LogP contribution is -2.12. The molecule has 0 aliphatic heterocycles. The van der Waals surface area contributed by atoms with Crippen LogP contribution in [0.2, 0.25) is 0 Å². The lowest BCUT2D eigenvalue weighted by Gasteiger charge is -1.96. The third kappa shape index (κ3) is 7.16. The van der Waals surface area contributed by atoms with Crippen molar-refractivity contribution in [2.45, 2.75) is 19.4 Å². The molecule has 0 amide bonds. The van der Waals surface area contributed by atoms with Crippen molar-refractivity contribution in [3.05, 3.63) is 17.6 Å². The lowest BCUT2D eigenvalue weighted by atomic mass is 10.2. The summed E-state index contributed by atoms with van der Waals surface area (Å²) >= 11 is 0. The number of nitrogens with zero attached hydrogens (tertiary/aromatic N) is 3. The Labute approximate surface area is 125 Å². The number of hydrogen-bond acceptors (Lipinski definition) is 5. The van der Waals surface area contributed by atoms with Crippen molar-refractivity contribution in [1.82, 2.24) is 9.97 Å². The summed E-state index contributed by atoms with van der Waals surface area (Å²) in [7, 11) is 0. The first-order valence-corrected chi connectivity index (χ1v) is 4.40. The van der Waals surface area contributed by atoms with E-state index in [4.69, 9.17) is 16.7 Å². The standard InChI is InChI=1S/C10H11N5.3ClH/c1-7(12)3-2-4-8-6-14-10(13)9(5-11)15-8;;;/h6-7H,3,12H2,1H3,(H2,13,14);3*1H/t7-;;;/m0.../s1. The van der Waals surface area contributed by atoms with Crippen molar-refractivity contribution < 1.29 is 0 Å². The molecule has 0 spiro atoms. The Kier molecular flexibility index (Phi) is 13.3. The van der Waals surface area contributed by atoms with Gasteiger partial charge in [-0.1, -0.05) is 5.92 Å². The van der Waals surface area contributed by atoms with Gasteiger partial charge < -0.3 is 11.5 Å². The van der Waals surface area contributed by atoms with Gasteiger partial charge in [0.05, 0.1) is 6.20 Å². The highest BCUT2D eigenvalue weighted by Gasteiger charge is 2.00. The molecule has 18 heavy (non-hydrogen) atoms. The van der Waals surface area contributed by atoms with E-state index < -0.39 is 0 Å². The fourth-order valence-electron chi connectivity index (χ4n) is 0.843. The molecule has 0 saturated heterocycles. The quantitative estimate of drug-likeness (QED) is 0.761. The third-order valence-electron chi connectivity index (χ3n) is 1.55. The molecule has 0 saturated carbocycles. The minimum atomic E-state index is 0. The van der Waals surface area contributed by atoms with Crippen LogP contribution in [0.15, 0.2) is 6.20 Å². The second-order valence-electron chi connectivity index (χ2n) is 3.08. The first-order chi connectivity index (χ1) is 7.13. The largest absolute Gasteiger partial charge is 0.381 e. The molecule has 1 heterocycles. The molecular formula is C10H14Cl3N5. The molecule has 100 valence electrons. The molecule has 5 nitrogen and oxygen atoms in total. The van der Waals surface area contributed by atoms with Gasteiger partial charge in [-0.15, -0.1) is 37.2 Å². The molecule has 4 N–H and O–H groups in total. The van der Waals surface area contributed by atoms with Crippen LogP contribution in [0.3, 0.4) is 0 Å². The SMILES string of the molecule is C[C@H](N)CC#Cc1cnc(N)c(C#N)n1.Cl.Cl.Cl. The zero-order valence-corrected chi connectivity index (χ0v) is 12.0. The van der Waals surface area contributed by atoms with Gasteiger partial charge in [0, 0.05) is 12.5 Å². The number of hydrogen-bond donors (Lipinski definition) is 2. The van der Waals surface area contributed by atoms with Gasteiger partial charge in [0.25, 0.3) is 0 Å². The molecule has 0 aliphatic rings. The fraction of sp³-hybridized carbons (Fsp3) is 0.300. The van der Waals surface area contributed by atoms with Gasteiger partial charge in [0.2, 0.25) is 0 Å². The molecule has 0 bridgehead atoms. The van der Waals surface area contributed by atoms with Crippen LogP contribution in [0, 0.1) is 23.2 Å². The smallest absolute Gasteiger partial charge is 0.184 e. The van der Waals surface area contributed by atoms with Gasteiger partial charge in [-0.2, -0.15) is 5.26 Å². The van der Waals surface area contributed by atoms with E-state index in [1.54, 1.807) is 0 Å². The molecule has 1 atom stereocenters. The first kappa shape index (κ1) is 22.0. The third-order valence-corrected chi connectivity index (χ3v) is 1.55. The summed E-state index contributed by atoms with van der Waals surface area (Å²) in [5.41, 5.74) is 11.5. The highest BCUT2D eigenvalue weighted by atomic mass is 35.5. The van der Waals surface area contributed by atoms with E-state index in [1.807, 2.05) is 13.0 Å². The molecular weight excluding hydrogens is 297 g/mol. The second kappa shape index (κ2) is 10.9. The Morgan fingerprint density at radius 3 is 2.50 bits per heavy atom. The predicted octanol–water partition coefficient (Wildman–Crippen LogP) is 1.28. The fourth-order valence-corrected chi connectivity index (χ4v) is 0.843. The van der Waals surface area contributed by atoms with E-state index in [1.165, 1.54) is 6.20 Å². The summed E-state index contributed by atoms with van der Waals surface area (Å²) in [6.45, 7) is 1.87. The summed E-state index contributed by atoms with van der Waals surface area (Å²) in [5.74, 6) is 5.73. The normalized spacial score (nSPS) is 9.17. The van der Waals surface area contributed by atoms with Gasteiger partial charge in [-0.3, -0.25) is 0 Å². The summed E-state index contributed by atoms with van der Waals surface area (Å²) in [5, 5.41) is 8.66. The van der Waals surface area contributed by atoms with Crippen molar-refractivity contribution in [3.63, 3.8) is 0 Å². The van der Waals surface area contributed by atoms with Gasteiger partial charge >= 0.3 is 0 Å². The van der Waals surface area contributed by atoms with Crippen molar-refractivity contribution in [2.75, 3.05) is 5.73 Å². The number of aromatic nitrogens is 2. The maximum Gasteiger partial charge on any atom is 0.184 e. The van der Waals surface area contributed by atoms with Crippen LogP contribution in [-0.2, 0) is 0 Å². The maximum absolute atomic E-state index is 8.66. The van der Waals surface area contributed by atoms with E-state index >= 15 is 0 Å². The first-order valence-electron chi connectivity index (χ1n) is 4.40. The van der Waals surface area contributed by atoms with Gasteiger partial charge in [0.15, 0.2) is 11.5 Å². The van der Waals surface area contributed by atoms with Crippen LogP contribution in [0.4, 0.5) is 5.82 Å². The molecule has 8 heteroatoms. The number of nitrogen functional groups attached to an aromatic ring is 1. The van der Waals surface area contributed by atoms with Crippen LogP contribution >= 0.6 is 37.2 Å². The number of nitriles is 1. The predicted molar refractivity (Wildman–Crippen MR) is 78.0 cm³/mol. The molecule has 0 unspecified atom stereocenters. The Bertz CT molecular complexity index is 459. The lowest BCUT2D eigenvalue weighted by molar-refractivity contribution is 0.770. The molecule has 1 aromatic rings. The number of halogens is 3. The number of anilines is 1. The Balaban J connectivity index is -0.000000750. The Hall–Kier alpha value is -1.24. The minimum Gasteiger partial charge on any atom is -0.381 e. The van der Waals surface area contributed by atoms with E-state index in [0.717, 1.165) is 0 Å². The average Bonchev–Trinajstić information content (AvgIpc) is 2.20. The van der Waals surface area contributed by atoms with Crippen molar-refractivity contribution in [3.8, 4) is 17.9 Å². The summed E-state index contributed by atoms with van der Waals surface area (Å²) in [6.07, 6.45) is 2.01. The molecule has 1 aromatic heterocycles. The zero-order valence-electron chi connectivity index (χ0n) is 9.58. The van der Waals surface area contributed by atoms with E-state index in [9.17, 15) is 0 Å². The van der Waals surface area contributed by atoms with Crippen molar-refractivity contribution in [1.29, 1.82) is 5.26 Å². The van der Waals surface area contributed by atoms with Crippen LogP contribution in [-0.4, -0.2) is 16.0 Å². The highest BCUT2D eigenvalue weighted by Crippen LogP contribution is 2.03. The van der Waals surface area contributed by atoms with Crippen LogP contribution < -0.4 is 11.5 Å². The Morgan fingerprint density at radius 2 is 2.00 bits per heavy atom. The Morgan fingerprint density at radius 1 is 1.39 bits per heavy atom. The summed E-state index contributed by atoms with van der Waals surface area (Å²) < 4.78 is 0. The van der Waals surface area contributed by atoms with Gasteiger partial charge in [-0.25, -0.2) is 9.97 Å². The molecule has 0 aromatic carbocycles. The monoisotopic (exact) mass is 309 g/mol. The number of rotatable bonds is 1. The second-order valence-corrected chi connectivity index (χ2v) is 3.08. The van der Waals surface area contributed by atoms with Crippen LogP contribution in [0.5, 0.6) is 0 Å². The van der Waals surface area contributed by atoms with Crippen molar-refractivity contribution >= 4 is 43.0 Å². The summed E-state index contributed by atoms with van der Waals surface area (Å²) in [6, 6.07) is 1.87. The molecule has 0 aliphatic carbocycles. The minimum absolute atomic E-state index is 0.